The summed E-state index contributed by atoms with van der Waals surface area (Å²) in [5.74, 6) is 0.0273. The monoisotopic (exact) mass is 613 g/mol. The van der Waals surface area contributed by atoms with E-state index in [1.54, 1.807) is 42.0 Å². The van der Waals surface area contributed by atoms with Crippen molar-refractivity contribution in [2.24, 2.45) is 5.73 Å². The lowest BCUT2D eigenvalue weighted by Gasteiger charge is -2.26. The van der Waals surface area contributed by atoms with Gasteiger partial charge in [0, 0.05) is 50.6 Å². The number of hydrogen-bond acceptors (Lipinski definition) is 9. The fraction of sp³-hybridized carbons (Fsp3) is 0.281. The van der Waals surface area contributed by atoms with Gasteiger partial charge in [0.15, 0.2) is 0 Å². The summed E-state index contributed by atoms with van der Waals surface area (Å²) >= 11 is 0. The number of aromatic nitrogens is 4. The molecule has 13 heteroatoms. The number of imidazole rings is 1. The van der Waals surface area contributed by atoms with Crippen LogP contribution in [0.25, 0.3) is 16.9 Å². The summed E-state index contributed by atoms with van der Waals surface area (Å²) in [7, 11) is 7.46. The highest BCUT2D eigenvalue weighted by Crippen LogP contribution is 2.38. The molecule has 0 bridgehead atoms. The van der Waals surface area contributed by atoms with E-state index in [0.717, 1.165) is 17.8 Å². The van der Waals surface area contributed by atoms with Gasteiger partial charge in [-0.1, -0.05) is 18.2 Å². The average molecular weight is 614 g/mol. The van der Waals surface area contributed by atoms with Crippen LogP contribution in [0.1, 0.15) is 24.2 Å². The molecule has 4 rings (SSSR count). The van der Waals surface area contributed by atoms with Crippen LogP contribution in [0.2, 0.25) is 0 Å². The number of carbonyl (C=O) groups is 2. The van der Waals surface area contributed by atoms with Gasteiger partial charge >= 0.3 is 5.69 Å². The minimum Gasteiger partial charge on any atom is -0.494 e. The summed E-state index contributed by atoms with van der Waals surface area (Å²) in [6, 6.07) is 10.0. The van der Waals surface area contributed by atoms with Crippen LogP contribution in [0.15, 0.2) is 71.7 Å². The van der Waals surface area contributed by atoms with Gasteiger partial charge in [-0.05, 0) is 58.3 Å². The van der Waals surface area contributed by atoms with Crippen LogP contribution in [-0.2, 0) is 11.3 Å². The van der Waals surface area contributed by atoms with Gasteiger partial charge in [-0.15, -0.1) is 0 Å². The van der Waals surface area contributed by atoms with E-state index in [-0.39, 0.29) is 23.1 Å². The first-order valence-corrected chi connectivity index (χ1v) is 14.2. The molecule has 0 unspecified atom stereocenters. The predicted octanol–water partition coefficient (Wildman–Crippen LogP) is 3.52. The predicted molar refractivity (Wildman–Crippen MR) is 178 cm³/mol. The molecule has 2 aromatic heterocycles. The molecule has 0 atom stereocenters. The maximum Gasteiger partial charge on any atom is 0.335 e. The Balaban J connectivity index is 1.79. The van der Waals surface area contributed by atoms with Gasteiger partial charge in [-0.2, -0.15) is 4.98 Å². The number of nitrogens with one attached hydrogen (secondary N) is 2. The first kappa shape index (κ1) is 32.5. The standard InChI is InChI=1S/C32H39N9O4/c1-8-29(42)35-22-18-23(27(45-7)19-25(22)39(6)16-15-38(4)5)36-31-34-13-11-28(37-31)41-24-10-9-21(30(33)43)17-26(24)40(32(41)44)14-12-20(2)3/h8-13,17-19H,1,14-16H2,2-7H3,(H2,33,43)(H,35,42)(H,34,36,37). The largest absolute Gasteiger partial charge is 0.494 e. The summed E-state index contributed by atoms with van der Waals surface area (Å²) in [6.07, 6.45) is 4.65. The van der Waals surface area contributed by atoms with Crippen LogP contribution in [0, 0.1) is 0 Å². The molecule has 0 fully saturated rings. The zero-order chi connectivity index (χ0) is 32.8. The van der Waals surface area contributed by atoms with Crippen LogP contribution >= 0.6 is 0 Å². The Labute approximate surface area is 261 Å². The molecule has 0 saturated carbocycles. The minimum atomic E-state index is -0.591. The molecule has 0 aliphatic carbocycles. The van der Waals surface area contributed by atoms with Crippen LogP contribution in [0.4, 0.5) is 23.0 Å². The SMILES string of the molecule is C=CC(=O)Nc1cc(Nc2nccc(-n3c(=O)n(CC=C(C)C)c4cc(C(N)=O)ccc43)n2)c(OC)cc1N(C)CCN(C)C. The van der Waals surface area contributed by atoms with E-state index < -0.39 is 5.91 Å². The van der Waals surface area contributed by atoms with Crippen molar-refractivity contribution in [1.29, 1.82) is 0 Å². The third-order valence-corrected chi connectivity index (χ3v) is 7.07. The van der Waals surface area contributed by atoms with Crippen LogP contribution in [0.3, 0.4) is 0 Å². The molecule has 2 heterocycles. The van der Waals surface area contributed by atoms with Gasteiger partial charge in [0.05, 0.1) is 35.2 Å². The molecule has 4 aromatic rings. The zero-order valence-corrected chi connectivity index (χ0v) is 26.4. The van der Waals surface area contributed by atoms with E-state index >= 15 is 0 Å². The number of primary amides is 1. The number of carbonyl (C=O) groups excluding carboxylic acids is 2. The summed E-state index contributed by atoms with van der Waals surface area (Å²) < 4.78 is 8.72. The van der Waals surface area contributed by atoms with Gasteiger partial charge in [0.25, 0.3) is 0 Å². The summed E-state index contributed by atoms with van der Waals surface area (Å²) in [5.41, 5.74) is 9.37. The van der Waals surface area contributed by atoms with E-state index in [9.17, 15) is 14.4 Å². The molecule has 2 amide bonds. The van der Waals surface area contributed by atoms with E-state index in [4.69, 9.17) is 10.5 Å². The highest BCUT2D eigenvalue weighted by Gasteiger charge is 2.19. The molecule has 236 valence electrons. The molecule has 45 heavy (non-hydrogen) atoms. The topological polar surface area (TPSA) is 153 Å². The van der Waals surface area contributed by atoms with Crippen molar-refractivity contribution < 1.29 is 14.3 Å². The lowest BCUT2D eigenvalue weighted by molar-refractivity contribution is -0.111. The number of ether oxygens (including phenoxy) is 1. The van der Waals surface area contributed by atoms with Crippen LogP contribution in [0.5, 0.6) is 5.75 Å². The van der Waals surface area contributed by atoms with Crippen LogP contribution < -0.4 is 31.7 Å². The maximum atomic E-state index is 13.7. The summed E-state index contributed by atoms with van der Waals surface area (Å²) in [4.78, 5) is 51.1. The number of amides is 2. The average Bonchev–Trinajstić information content (AvgIpc) is 3.28. The first-order valence-electron chi connectivity index (χ1n) is 14.2. The van der Waals surface area contributed by atoms with Crippen molar-refractivity contribution >= 4 is 45.9 Å². The van der Waals surface area contributed by atoms with Crippen molar-refractivity contribution in [3.05, 3.63) is 82.9 Å². The van der Waals surface area contributed by atoms with Gasteiger partial charge < -0.3 is 30.9 Å². The highest BCUT2D eigenvalue weighted by atomic mass is 16.5. The first-order chi connectivity index (χ1) is 21.4. The highest BCUT2D eigenvalue weighted by molar-refractivity contribution is 6.02. The van der Waals surface area contributed by atoms with Crippen molar-refractivity contribution in [2.75, 3.05) is 56.9 Å². The molecule has 4 N–H and O–H groups in total. The van der Waals surface area contributed by atoms with Crippen LogP contribution in [-0.4, -0.2) is 77.2 Å². The maximum absolute atomic E-state index is 13.7. The second kappa shape index (κ2) is 13.9. The second-order valence-corrected chi connectivity index (χ2v) is 10.9. The van der Waals surface area contributed by atoms with Gasteiger partial charge in [0.2, 0.25) is 17.8 Å². The molecule has 0 aliphatic rings. The number of fused-ring (bicyclic) bond motifs is 1. The van der Waals surface area contributed by atoms with Gasteiger partial charge in [-0.25, -0.2) is 14.3 Å². The number of nitrogens with two attached hydrogens (primary N) is 1. The van der Waals surface area contributed by atoms with Crippen molar-refractivity contribution in [3.63, 3.8) is 0 Å². The van der Waals surface area contributed by atoms with E-state index in [1.807, 2.05) is 52.0 Å². The quantitative estimate of drug-likeness (QED) is 0.152. The van der Waals surface area contributed by atoms with Crippen molar-refractivity contribution in [2.45, 2.75) is 20.4 Å². The number of rotatable bonds is 13. The third kappa shape index (κ3) is 7.39. The molecule has 2 aromatic carbocycles. The van der Waals surface area contributed by atoms with Crippen molar-refractivity contribution in [1.82, 2.24) is 24.0 Å². The number of methoxy groups -OCH3 is 1. The fourth-order valence-corrected chi connectivity index (χ4v) is 4.64. The third-order valence-electron chi connectivity index (χ3n) is 7.07. The zero-order valence-electron chi connectivity index (χ0n) is 26.4. The number of benzene rings is 2. The summed E-state index contributed by atoms with van der Waals surface area (Å²) in [6.45, 7) is 9.25. The number of likely N-dealkylation sites (N-methyl/N-ethyl adjacent to an activating group) is 2. The minimum absolute atomic E-state index is 0.186. The molecular weight excluding hydrogens is 574 g/mol. The Kier molecular flexibility index (Phi) is 10.0. The summed E-state index contributed by atoms with van der Waals surface area (Å²) in [5, 5.41) is 6.05. The Morgan fingerprint density at radius 1 is 1.07 bits per heavy atom. The molecule has 0 radical (unpaired) electrons. The van der Waals surface area contributed by atoms with Gasteiger partial charge in [-0.3, -0.25) is 14.2 Å². The van der Waals surface area contributed by atoms with E-state index in [2.05, 4.69) is 32.1 Å². The fourth-order valence-electron chi connectivity index (χ4n) is 4.64. The normalized spacial score (nSPS) is 10.9. The van der Waals surface area contributed by atoms with Crippen molar-refractivity contribution in [3.8, 4) is 11.6 Å². The Morgan fingerprint density at radius 3 is 2.47 bits per heavy atom. The number of hydrogen-bond donors (Lipinski definition) is 3. The number of allylic oxidation sites excluding steroid dienone is 2. The second-order valence-electron chi connectivity index (χ2n) is 10.9. The lowest BCUT2D eigenvalue weighted by atomic mass is 10.2. The number of anilines is 4. The van der Waals surface area contributed by atoms with E-state index in [0.29, 0.717) is 47.1 Å². The Morgan fingerprint density at radius 2 is 1.82 bits per heavy atom. The number of nitrogens with zero attached hydrogens (tertiary/aromatic N) is 6. The molecule has 0 saturated heterocycles. The molecular formula is C32H39N9O4. The Hall–Kier alpha value is -5.43. The Bertz CT molecular complexity index is 1830. The molecule has 0 aliphatic heterocycles. The van der Waals surface area contributed by atoms with Gasteiger partial charge in [0.1, 0.15) is 11.6 Å². The molecule has 13 nitrogen and oxygen atoms in total. The van der Waals surface area contributed by atoms with E-state index in [1.165, 1.54) is 16.8 Å². The molecule has 0 spiro atoms. The lowest BCUT2D eigenvalue weighted by Crippen LogP contribution is -2.29. The smallest absolute Gasteiger partial charge is 0.335 e.